The molecule has 30 heavy (non-hydrogen) atoms. The zero-order chi connectivity index (χ0) is 21.1. The average Bonchev–Trinajstić information content (AvgIpc) is 3.18. The minimum atomic E-state index is -0.552. The summed E-state index contributed by atoms with van der Waals surface area (Å²) in [6.07, 6.45) is 0.707. The van der Waals surface area contributed by atoms with Gasteiger partial charge in [0.05, 0.1) is 11.3 Å². The lowest BCUT2D eigenvalue weighted by atomic mass is 10.2. The minimum absolute atomic E-state index is 0.127. The lowest BCUT2D eigenvalue weighted by molar-refractivity contribution is 0.0467. The van der Waals surface area contributed by atoms with Crippen LogP contribution in [0.3, 0.4) is 0 Å². The summed E-state index contributed by atoms with van der Waals surface area (Å²) >= 11 is 1.32. The molecule has 0 spiro atoms. The number of carbonyl (C=O) groups excluding carboxylic acids is 1. The largest absolute Gasteiger partial charge is 0.457 e. The van der Waals surface area contributed by atoms with Crippen molar-refractivity contribution in [2.75, 3.05) is 0 Å². The molecule has 0 N–H and O–H groups in total. The number of ether oxygens (including phenoxy) is 2. The van der Waals surface area contributed by atoms with Crippen molar-refractivity contribution in [1.29, 1.82) is 0 Å². The summed E-state index contributed by atoms with van der Waals surface area (Å²) in [5, 5.41) is 4.98. The first kappa shape index (κ1) is 19.7. The number of carbonyl (C=O) groups is 1. The number of nitrogens with zero attached hydrogens (tertiary/aromatic N) is 3. The standard InChI is InChI=1S/C21H16FN3O4S/c1-2-18-24-25-19(26)11-15(23-21(25)30-18)12-28-20(27)13-3-7-16(8-4-13)29-17-9-5-14(22)6-10-17/h3-11H,2,12H2,1H3. The van der Waals surface area contributed by atoms with Gasteiger partial charge in [0.25, 0.3) is 5.56 Å². The summed E-state index contributed by atoms with van der Waals surface area (Å²) in [6, 6.07) is 13.3. The minimum Gasteiger partial charge on any atom is -0.457 e. The summed E-state index contributed by atoms with van der Waals surface area (Å²) in [5.41, 5.74) is 0.366. The first-order valence-corrected chi connectivity index (χ1v) is 9.93. The fourth-order valence-corrected chi connectivity index (χ4v) is 3.49. The molecule has 0 amide bonds. The molecule has 4 aromatic rings. The Morgan fingerprint density at radius 2 is 1.77 bits per heavy atom. The number of fused-ring (bicyclic) bond motifs is 1. The molecule has 0 aliphatic carbocycles. The third-order valence-corrected chi connectivity index (χ3v) is 5.19. The fraction of sp³-hybridized carbons (Fsp3) is 0.143. The van der Waals surface area contributed by atoms with Gasteiger partial charge in [-0.1, -0.05) is 18.3 Å². The Morgan fingerprint density at radius 3 is 2.43 bits per heavy atom. The normalized spacial score (nSPS) is 10.9. The van der Waals surface area contributed by atoms with Gasteiger partial charge >= 0.3 is 5.97 Å². The number of hydrogen-bond acceptors (Lipinski definition) is 7. The van der Waals surface area contributed by atoms with Crippen LogP contribution in [-0.4, -0.2) is 20.6 Å². The first-order chi connectivity index (χ1) is 14.5. The molecule has 2 aromatic carbocycles. The van der Waals surface area contributed by atoms with Crippen LogP contribution in [0.2, 0.25) is 0 Å². The first-order valence-electron chi connectivity index (χ1n) is 9.11. The van der Waals surface area contributed by atoms with E-state index < -0.39 is 5.97 Å². The second-order valence-corrected chi connectivity index (χ2v) is 7.33. The van der Waals surface area contributed by atoms with Crippen LogP contribution in [0.5, 0.6) is 11.5 Å². The van der Waals surface area contributed by atoms with E-state index in [1.807, 2.05) is 6.92 Å². The van der Waals surface area contributed by atoms with Gasteiger partial charge in [-0.2, -0.15) is 9.61 Å². The summed E-state index contributed by atoms with van der Waals surface area (Å²) in [4.78, 5) is 29.2. The molecule has 2 aromatic heterocycles. The molecule has 0 saturated carbocycles. The van der Waals surface area contributed by atoms with Crippen molar-refractivity contribution in [3.8, 4) is 11.5 Å². The van der Waals surface area contributed by atoms with Crippen molar-refractivity contribution in [3.63, 3.8) is 0 Å². The zero-order valence-corrected chi connectivity index (χ0v) is 16.7. The lowest BCUT2D eigenvalue weighted by Gasteiger charge is -2.07. The predicted octanol–water partition coefficient (Wildman–Crippen LogP) is 4.00. The summed E-state index contributed by atoms with van der Waals surface area (Å²) in [6.45, 7) is 1.82. The maximum Gasteiger partial charge on any atom is 0.338 e. The second-order valence-electron chi connectivity index (χ2n) is 6.29. The van der Waals surface area contributed by atoms with Gasteiger partial charge in [-0.15, -0.1) is 0 Å². The summed E-state index contributed by atoms with van der Waals surface area (Å²) in [5.74, 6) is 0.0748. The summed E-state index contributed by atoms with van der Waals surface area (Å²) < 4.78 is 25.1. The molecule has 0 aliphatic heterocycles. The Morgan fingerprint density at radius 1 is 1.10 bits per heavy atom. The van der Waals surface area contributed by atoms with Crippen LogP contribution in [0.4, 0.5) is 4.39 Å². The Labute approximate surface area is 174 Å². The third kappa shape index (κ3) is 4.36. The van der Waals surface area contributed by atoms with E-state index in [9.17, 15) is 14.0 Å². The van der Waals surface area contributed by atoms with E-state index in [1.165, 1.54) is 46.2 Å². The highest BCUT2D eigenvalue weighted by atomic mass is 32.1. The Bertz CT molecular complexity index is 1250. The topological polar surface area (TPSA) is 82.8 Å². The van der Waals surface area contributed by atoms with Gasteiger partial charge < -0.3 is 9.47 Å². The fourth-order valence-electron chi connectivity index (χ4n) is 2.63. The van der Waals surface area contributed by atoms with E-state index in [0.717, 1.165) is 5.01 Å². The van der Waals surface area contributed by atoms with Gasteiger partial charge in [0.2, 0.25) is 4.96 Å². The van der Waals surface area contributed by atoms with E-state index in [-0.39, 0.29) is 18.0 Å². The molecule has 152 valence electrons. The Balaban J connectivity index is 1.40. The number of benzene rings is 2. The third-order valence-electron chi connectivity index (χ3n) is 4.13. The zero-order valence-electron chi connectivity index (χ0n) is 15.9. The monoisotopic (exact) mass is 425 g/mol. The predicted molar refractivity (Wildman–Crippen MR) is 109 cm³/mol. The highest BCUT2D eigenvalue weighted by Crippen LogP contribution is 2.22. The van der Waals surface area contributed by atoms with E-state index >= 15 is 0 Å². The van der Waals surface area contributed by atoms with Crippen molar-refractivity contribution in [1.82, 2.24) is 14.6 Å². The van der Waals surface area contributed by atoms with Gasteiger partial charge in [0.1, 0.15) is 28.9 Å². The van der Waals surface area contributed by atoms with Crippen molar-refractivity contribution in [2.45, 2.75) is 20.0 Å². The van der Waals surface area contributed by atoms with Crippen molar-refractivity contribution < 1.29 is 18.7 Å². The van der Waals surface area contributed by atoms with Gasteiger partial charge in [-0.25, -0.2) is 14.2 Å². The number of rotatable bonds is 6. The van der Waals surface area contributed by atoms with Crippen LogP contribution in [0.15, 0.2) is 59.4 Å². The number of aromatic nitrogens is 3. The van der Waals surface area contributed by atoms with Crippen LogP contribution in [0.25, 0.3) is 4.96 Å². The number of aryl methyl sites for hydroxylation is 1. The number of halogens is 1. The van der Waals surface area contributed by atoms with Crippen LogP contribution in [0, 0.1) is 5.82 Å². The Hall–Kier alpha value is -3.59. The quantitative estimate of drug-likeness (QED) is 0.434. The van der Waals surface area contributed by atoms with Gasteiger partial charge in [0.15, 0.2) is 0 Å². The molecule has 0 unspecified atom stereocenters. The van der Waals surface area contributed by atoms with Crippen molar-refractivity contribution in [2.24, 2.45) is 0 Å². The molecule has 0 atom stereocenters. The molecular formula is C21H16FN3O4S. The van der Waals surface area contributed by atoms with E-state index in [1.54, 1.807) is 24.3 Å². The smallest absolute Gasteiger partial charge is 0.338 e. The van der Waals surface area contributed by atoms with Crippen LogP contribution in [0.1, 0.15) is 28.0 Å². The Kier molecular flexibility index (Phi) is 5.53. The van der Waals surface area contributed by atoms with Gasteiger partial charge in [-0.3, -0.25) is 4.79 Å². The van der Waals surface area contributed by atoms with E-state index in [4.69, 9.17) is 9.47 Å². The van der Waals surface area contributed by atoms with E-state index in [2.05, 4.69) is 10.1 Å². The second kappa shape index (κ2) is 8.42. The SMILES string of the molecule is CCc1nn2c(=O)cc(COC(=O)c3ccc(Oc4ccc(F)cc4)cc3)nc2s1. The molecule has 0 bridgehead atoms. The molecule has 2 heterocycles. The molecule has 4 rings (SSSR count). The molecule has 7 nitrogen and oxygen atoms in total. The number of hydrogen-bond donors (Lipinski definition) is 0. The highest BCUT2D eigenvalue weighted by molar-refractivity contribution is 7.16. The number of esters is 1. The maximum absolute atomic E-state index is 12.9. The van der Waals surface area contributed by atoms with E-state index in [0.29, 0.717) is 34.1 Å². The van der Waals surface area contributed by atoms with Gasteiger partial charge in [-0.05, 0) is 55.0 Å². The molecule has 9 heteroatoms. The molecule has 0 radical (unpaired) electrons. The van der Waals surface area contributed by atoms with Crippen LogP contribution < -0.4 is 10.3 Å². The molecular weight excluding hydrogens is 409 g/mol. The molecule has 0 fully saturated rings. The van der Waals surface area contributed by atoms with Crippen molar-refractivity contribution in [3.05, 3.63) is 87.0 Å². The van der Waals surface area contributed by atoms with Gasteiger partial charge in [0, 0.05) is 6.07 Å². The van der Waals surface area contributed by atoms with Crippen LogP contribution in [-0.2, 0) is 17.8 Å². The maximum atomic E-state index is 12.9. The highest BCUT2D eigenvalue weighted by Gasteiger charge is 2.12. The summed E-state index contributed by atoms with van der Waals surface area (Å²) in [7, 11) is 0. The van der Waals surface area contributed by atoms with Crippen LogP contribution >= 0.6 is 11.3 Å². The molecule has 0 aliphatic rings. The molecule has 0 saturated heterocycles. The van der Waals surface area contributed by atoms with Crippen molar-refractivity contribution >= 4 is 22.3 Å². The average molecular weight is 425 g/mol. The lowest BCUT2D eigenvalue weighted by Crippen LogP contribution is -2.16.